The van der Waals surface area contributed by atoms with E-state index in [1.807, 2.05) is 0 Å². The van der Waals surface area contributed by atoms with Gasteiger partial charge in [-0.05, 0) is 45.9 Å². The van der Waals surface area contributed by atoms with Crippen molar-refractivity contribution in [2.75, 3.05) is 6.54 Å². The number of benzene rings is 1. The Morgan fingerprint density at radius 2 is 2.10 bits per heavy atom. The van der Waals surface area contributed by atoms with Crippen molar-refractivity contribution in [1.82, 2.24) is 10.3 Å². The maximum Gasteiger partial charge on any atom is 0.194 e. The fourth-order valence-electron chi connectivity index (χ4n) is 1.95. The molecular weight excluding hydrogens is 291 g/mol. The predicted octanol–water partition coefficient (Wildman–Crippen LogP) is 4.45. The molecule has 0 aliphatic carbocycles. The molecule has 2 rings (SSSR count). The maximum absolute atomic E-state index is 13.4. The fraction of sp³-hybridized carbons (Fsp3) is 0.438. The predicted molar refractivity (Wildman–Crippen MR) is 83.0 cm³/mol. The standard InChI is InChI=1S/C16H20ClFN2O/c1-16(2,3)20-9-5-8-14-19-10-13(21-14)11-6-4-7-12(18)15(11)17/h4,6-7,10,20H,5,8-9H2,1-3H3. The van der Waals surface area contributed by atoms with E-state index >= 15 is 0 Å². The average molecular weight is 311 g/mol. The van der Waals surface area contributed by atoms with Gasteiger partial charge in [-0.15, -0.1) is 0 Å². The SMILES string of the molecule is CC(C)(C)NCCCc1ncc(-c2cccc(F)c2Cl)o1. The zero-order valence-electron chi connectivity index (χ0n) is 12.5. The first-order chi connectivity index (χ1) is 9.87. The van der Waals surface area contributed by atoms with E-state index in [0.717, 1.165) is 19.4 Å². The van der Waals surface area contributed by atoms with Crippen molar-refractivity contribution in [1.29, 1.82) is 0 Å². The molecule has 0 fully saturated rings. The maximum atomic E-state index is 13.4. The van der Waals surface area contributed by atoms with Gasteiger partial charge in [0.15, 0.2) is 11.7 Å². The highest BCUT2D eigenvalue weighted by Crippen LogP contribution is 2.30. The summed E-state index contributed by atoms with van der Waals surface area (Å²) in [5.41, 5.74) is 0.639. The van der Waals surface area contributed by atoms with Crippen LogP contribution in [0.5, 0.6) is 0 Å². The summed E-state index contributed by atoms with van der Waals surface area (Å²) in [5, 5.41) is 3.47. The molecule has 1 aromatic heterocycles. The molecule has 0 unspecified atom stereocenters. The van der Waals surface area contributed by atoms with Crippen molar-refractivity contribution in [3.63, 3.8) is 0 Å². The molecule has 1 N–H and O–H groups in total. The van der Waals surface area contributed by atoms with Gasteiger partial charge in [0.25, 0.3) is 0 Å². The summed E-state index contributed by atoms with van der Waals surface area (Å²) in [7, 11) is 0. The number of nitrogens with zero attached hydrogens (tertiary/aromatic N) is 1. The smallest absolute Gasteiger partial charge is 0.194 e. The van der Waals surface area contributed by atoms with Gasteiger partial charge >= 0.3 is 0 Å². The van der Waals surface area contributed by atoms with Crippen LogP contribution in [0.25, 0.3) is 11.3 Å². The molecule has 21 heavy (non-hydrogen) atoms. The van der Waals surface area contributed by atoms with Gasteiger partial charge < -0.3 is 9.73 Å². The second-order valence-electron chi connectivity index (χ2n) is 6.00. The van der Waals surface area contributed by atoms with Crippen molar-refractivity contribution in [3.8, 4) is 11.3 Å². The minimum Gasteiger partial charge on any atom is -0.441 e. The van der Waals surface area contributed by atoms with Crippen molar-refractivity contribution in [3.05, 3.63) is 41.1 Å². The molecule has 3 nitrogen and oxygen atoms in total. The van der Waals surface area contributed by atoms with Gasteiger partial charge in [-0.2, -0.15) is 0 Å². The molecule has 0 saturated heterocycles. The van der Waals surface area contributed by atoms with Crippen LogP contribution in [-0.4, -0.2) is 17.1 Å². The summed E-state index contributed by atoms with van der Waals surface area (Å²) < 4.78 is 19.1. The largest absolute Gasteiger partial charge is 0.441 e. The van der Waals surface area contributed by atoms with Crippen molar-refractivity contribution in [2.45, 2.75) is 39.2 Å². The summed E-state index contributed by atoms with van der Waals surface area (Å²) in [4.78, 5) is 4.22. The number of aromatic nitrogens is 1. The van der Waals surface area contributed by atoms with E-state index in [-0.39, 0.29) is 10.6 Å². The summed E-state index contributed by atoms with van der Waals surface area (Å²) in [5.74, 6) is 0.681. The van der Waals surface area contributed by atoms with Gasteiger partial charge in [-0.3, -0.25) is 0 Å². The topological polar surface area (TPSA) is 38.1 Å². The Labute approximate surface area is 129 Å². The average Bonchev–Trinajstić information content (AvgIpc) is 2.85. The molecule has 0 atom stereocenters. The van der Waals surface area contributed by atoms with Gasteiger partial charge in [-0.1, -0.05) is 17.7 Å². The lowest BCUT2D eigenvalue weighted by Crippen LogP contribution is -2.36. The third kappa shape index (κ3) is 4.55. The highest BCUT2D eigenvalue weighted by Gasteiger charge is 2.13. The zero-order chi connectivity index (χ0) is 15.5. The Kier molecular flexibility index (Phi) is 5.01. The number of oxazole rings is 1. The van der Waals surface area contributed by atoms with E-state index in [1.54, 1.807) is 18.3 Å². The Morgan fingerprint density at radius 1 is 1.33 bits per heavy atom. The third-order valence-electron chi connectivity index (χ3n) is 2.99. The molecule has 1 heterocycles. The van der Waals surface area contributed by atoms with E-state index in [0.29, 0.717) is 17.2 Å². The number of hydrogen-bond donors (Lipinski definition) is 1. The Balaban J connectivity index is 1.97. The number of rotatable bonds is 5. The van der Waals surface area contributed by atoms with E-state index in [4.69, 9.17) is 16.0 Å². The van der Waals surface area contributed by atoms with Crippen LogP contribution in [0.1, 0.15) is 33.1 Å². The van der Waals surface area contributed by atoms with Crippen LogP contribution >= 0.6 is 11.6 Å². The molecule has 0 aliphatic heterocycles. The van der Waals surface area contributed by atoms with E-state index in [1.165, 1.54) is 6.07 Å². The molecular formula is C16H20ClFN2O. The fourth-order valence-corrected chi connectivity index (χ4v) is 2.17. The Morgan fingerprint density at radius 3 is 2.81 bits per heavy atom. The number of aryl methyl sites for hydroxylation is 1. The normalized spacial score (nSPS) is 11.9. The number of hydrogen-bond acceptors (Lipinski definition) is 3. The lowest BCUT2D eigenvalue weighted by atomic mass is 10.1. The van der Waals surface area contributed by atoms with E-state index in [9.17, 15) is 4.39 Å². The van der Waals surface area contributed by atoms with E-state index in [2.05, 4.69) is 31.1 Å². The first kappa shape index (κ1) is 16.0. The molecule has 1 aromatic carbocycles. The molecule has 0 aliphatic rings. The van der Waals surface area contributed by atoms with Gasteiger partial charge in [0.1, 0.15) is 5.82 Å². The van der Waals surface area contributed by atoms with Crippen LogP contribution in [0, 0.1) is 5.82 Å². The highest BCUT2D eigenvalue weighted by molar-refractivity contribution is 6.33. The lowest BCUT2D eigenvalue weighted by Gasteiger charge is -2.20. The van der Waals surface area contributed by atoms with Gasteiger partial charge in [0.2, 0.25) is 0 Å². The van der Waals surface area contributed by atoms with Crippen LogP contribution in [0.15, 0.2) is 28.8 Å². The first-order valence-corrected chi connectivity index (χ1v) is 7.39. The molecule has 114 valence electrons. The summed E-state index contributed by atoms with van der Waals surface area (Å²) in [6, 6.07) is 4.64. The summed E-state index contributed by atoms with van der Waals surface area (Å²) in [6.45, 7) is 7.27. The van der Waals surface area contributed by atoms with Gasteiger partial charge in [0.05, 0.1) is 11.2 Å². The van der Waals surface area contributed by atoms with Crippen LogP contribution in [0.2, 0.25) is 5.02 Å². The Bertz CT molecular complexity index is 605. The van der Waals surface area contributed by atoms with Crippen LogP contribution < -0.4 is 5.32 Å². The second kappa shape index (κ2) is 6.58. The molecule has 0 spiro atoms. The molecule has 2 aromatic rings. The third-order valence-corrected chi connectivity index (χ3v) is 3.38. The van der Waals surface area contributed by atoms with Gasteiger partial charge in [0, 0.05) is 17.5 Å². The highest BCUT2D eigenvalue weighted by atomic mass is 35.5. The van der Waals surface area contributed by atoms with Crippen LogP contribution in [0.3, 0.4) is 0 Å². The number of halogens is 2. The van der Waals surface area contributed by atoms with Crippen molar-refractivity contribution < 1.29 is 8.81 Å². The van der Waals surface area contributed by atoms with E-state index < -0.39 is 5.82 Å². The molecule has 5 heteroatoms. The quantitative estimate of drug-likeness (QED) is 0.829. The second-order valence-corrected chi connectivity index (χ2v) is 6.38. The molecule has 0 saturated carbocycles. The lowest BCUT2D eigenvalue weighted by molar-refractivity contribution is 0.412. The van der Waals surface area contributed by atoms with Crippen molar-refractivity contribution in [2.24, 2.45) is 0 Å². The van der Waals surface area contributed by atoms with Crippen LogP contribution in [-0.2, 0) is 6.42 Å². The zero-order valence-corrected chi connectivity index (χ0v) is 13.3. The molecule has 0 bridgehead atoms. The van der Waals surface area contributed by atoms with Crippen LogP contribution in [0.4, 0.5) is 4.39 Å². The molecule has 0 radical (unpaired) electrons. The first-order valence-electron chi connectivity index (χ1n) is 7.01. The van der Waals surface area contributed by atoms with Gasteiger partial charge in [-0.25, -0.2) is 9.37 Å². The minimum atomic E-state index is -0.457. The Hall–Kier alpha value is -1.39. The monoisotopic (exact) mass is 310 g/mol. The molecule has 0 amide bonds. The summed E-state index contributed by atoms with van der Waals surface area (Å²) in [6.07, 6.45) is 3.25. The minimum absolute atomic E-state index is 0.0644. The summed E-state index contributed by atoms with van der Waals surface area (Å²) >= 11 is 5.94. The van der Waals surface area contributed by atoms with Crippen molar-refractivity contribution >= 4 is 11.6 Å². The number of nitrogens with one attached hydrogen (secondary N) is 1.